The van der Waals surface area contributed by atoms with E-state index in [1.54, 1.807) is 0 Å². The van der Waals surface area contributed by atoms with Gasteiger partial charge in [0.25, 0.3) is 0 Å². The summed E-state index contributed by atoms with van der Waals surface area (Å²) in [7, 11) is 0. The largest absolute Gasteiger partial charge is 0.760 e. The fourth-order valence-electron chi connectivity index (χ4n) is 1.36. The molecule has 0 saturated carbocycles. The van der Waals surface area contributed by atoms with Crippen molar-refractivity contribution < 1.29 is 8.76 Å². The average molecular weight is 192 g/mol. The third-order valence-corrected chi connectivity index (χ3v) is 2.81. The molecule has 0 aliphatic heterocycles. The molecule has 0 saturated heterocycles. The van der Waals surface area contributed by atoms with E-state index in [-0.39, 0.29) is 6.04 Å². The number of nitrogens with zero attached hydrogens (tertiary/aromatic N) is 1. The van der Waals surface area contributed by atoms with Crippen molar-refractivity contribution in [2.24, 2.45) is 5.92 Å². The molecule has 2 unspecified atom stereocenters. The lowest BCUT2D eigenvalue weighted by atomic mass is 10.1. The summed E-state index contributed by atoms with van der Waals surface area (Å²) in [5, 5.41) is 0. The minimum atomic E-state index is -2.07. The van der Waals surface area contributed by atoms with Crippen molar-refractivity contribution in [3.8, 4) is 0 Å². The van der Waals surface area contributed by atoms with E-state index in [2.05, 4.69) is 13.8 Å². The molecule has 2 atom stereocenters. The summed E-state index contributed by atoms with van der Waals surface area (Å²) in [5.74, 6) is 0.539. The lowest BCUT2D eigenvalue weighted by Gasteiger charge is -2.30. The highest BCUT2D eigenvalue weighted by Crippen LogP contribution is 2.11. The van der Waals surface area contributed by atoms with Crippen LogP contribution in [0.1, 0.15) is 34.1 Å². The predicted octanol–water partition coefficient (Wildman–Crippen LogP) is 1.54. The number of rotatable bonds is 5. The van der Waals surface area contributed by atoms with E-state index in [1.165, 1.54) is 4.31 Å². The van der Waals surface area contributed by atoms with Crippen molar-refractivity contribution in [1.29, 1.82) is 0 Å². The Morgan fingerprint density at radius 2 is 1.92 bits per heavy atom. The average Bonchev–Trinajstić information content (AvgIpc) is 1.85. The standard InChI is InChI=1S/C8H19NO2S/c1-5-9(12(10)11)8(4)6-7(2)3/h7-8H,5-6H2,1-4H3,(H,10,11)/p-1. The second-order valence-electron chi connectivity index (χ2n) is 3.43. The SMILES string of the molecule is CCN(C(C)CC(C)C)S(=O)[O-]. The van der Waals surface area contributed by atoms with E-state index in [1.807, 2.05) is 13.8 Å². The molecule has 0 N–H and O–H groups in total. The Balaban J connectivity index is 4.02. The third-order valence-electron chi connectivity index (χ3n) is 1.81. The molecule has 0 rings (SSSR count). The first-order valence-electron chi connectivity index (χ1n) is 4.35. The number of hydrogen-bond acceptors (Lipinski definition) is 2. The van der Waals surface area contributed by atoms with Gasteiger partial charge in [0, 0.05) is 23.9 Å². The Labute approximate surface area is 77.6 Å². The fourth-order valence-corrected chi connectivity index (χ4v) is 1.95. The monoisotopic (exact) mass is 192 g/mol. The predicted molar refractivity (Wildman–Crippen MR) is 50.2 cm³/mol. The van der Waals surface area contributed by atoms with Gasteiger partial charge in [0.1, 0.15) is 0 Å². The zero-order valence-electron chi connectivity index (χ0n) is 8.24. The van der Waals surface area contributed by atoms with Gasteiger partial charge in [-0.2, -0.15) is 0 Å². The van der Waals surface area contributed by atoms with Crippen molar-refractivity contribution in [3.05, 3.63) is 0 Å². The van der Waals surface area contributed by atoms with Gasteiger partial charge in [0.15, 0.2) is 0 Å². The topological polar surface area (TPSA) is 43.4 Å². The van der Waals surface area contributed by atoms with Gasteiger partial charge in [-0.15, -0.1) is 0 Å². The van der Waals surface area contributed by atoms with Crippen LogP contribution < -0.4 is 0 Å². The summed E-state index contributed by atoms with van der Waals surface area (Å²) in [6.45, 7) is 8.55. The molecule has 3 nitrogen and oxygen atoms in total. The molecule has 0 aromatic heterocycles. The van der Waals surface area contributed by atoms with Crippen molar-refractivity contribution in [2.75, 3.05) is 6.54 Å². The Bertz CT molecular complexity index is 150. The van der Waals surface area contributed by atoms with E-state index in [0.717, 1.165) is 6.42 Å². The van der Waals surface area contributed by atoms with Crippen LogP contribution in [-0.2, 0) is 11.3 Å². The van der Waals surface area contributed by atoms with E-state index in [9.17, 15) is 8.76 Å². The summed E-state index contributed by atoms with van der Waals surface area (Å²) in [5.41, 5.74) is 0. The van der Waals surface area contributed by atoms with Gasteiger partial charge in [-0.05, 0) is 19.3 Å². The van der Waals surface area contributed by atoms with Crippen molar-refractivity contribution >= 4 is 11.3 Å². The summed E-state index contributed by atoms with van der Waals surface area (Å²) in [4.78, 5) is 0. The van der Waals surface area contributed by atoms with Crippen LogP contribution in [-0.4, -0.2) is 25.7 Å². The molecule has 0 bridgehead atoms. The molecule has 4 heteroatoms. The highest BCUT2D eigenvalue weighted by Gasteiger charge is 2.13. The molecule has 0 aliphatic carbocycles. The third kappa shape index (κ3) is 4.18. The Kier molecular flexibility index (Phi) is 5.70. The van der Waals surface area contributed by atoms with Crippen LogP contribution in [0.4, 0.5) is 0 Å². The summed E-state index contributed by atoms with van der Waals surface area (Å²) in [6.07, 6.45) is 0.918. The zero-order chi connectivity index (χ0) is 9.72. The molecule has 0 amide bonds. The molecule has 0 fully saturated rings. The van der Waals surface area contributed by atoms with Crippen LogP contribution in [0, 0.1) is 5.92 Å². The molecular formula is C8H18NO2S-. The van der Waals surface area contributed by atoms with E-state index >= 15 is 0 Å². The van der Waals surface area contributed by atoms with Crippen LogP contribution in [0.3, 0.4) is 0 Å². The van der Waals surface area contributed by atoms with Gasteiger partial charge in [0.2, 0.25) is 0 Å². The van der Waals surface area contributed by atoms with Crippen LogP contribution in [0.15, 0.2) is 0 Å². The fraction of sp³-hybridized carbons (Fsp3) is 1.00. The Hall–Kier alpha value is 0.0700. The minimum absolute atomic E-state index is 0.119. The van der Waals surface area contributed by atoms with Gasteiger partial charge in [0.05, 0.1) is 0 Å². The second-order valence-corrected chi connectivity index (χ2v) is 4.33. The maximum Gasteiger partial charge on any atom is 0.0211 e. The molecular weight excluding hydrogens is 174 g/mol. The van der Waals surface area contributed by atoms with Gasteiger partial charge in [-0.25, -0.2) is 4.31 Å². The molecule has 0 spiro atoms. The molecule has 0 radical (unpaired) electrons. The van der Waals surface area contributed by atoms with Crippen LogP contribution in [0.5, 0.6) is 0 Å². The Morgan fingerprint density at radius 3 is 2.17 bits per heavy atom. The summed E-state index contributed by atoms with van der Waals surface area (Å²) in [6, 6.07) is 0.119. The maximum absolute atomic E-state index is 10.7. The number of hydrogen-bond donors (Lipinski definition) is 0. The first kappa shape index (κ1) is 12.1. The lowest BCUT2D eigenvalue weighted by Crippen LogP contribution is -2.35. The minimum Gasteiger partial charge on any atom is -0.760 e. The van der Waals surface area contributed by atoms with E-state index in [4.69, 9.17) is 0 Å². The molecule has 0 heterocycles. The van der Waals surface area contributed by atoms with Gasteiger partial charge in [-0.1, -0.05) is 20.8 Å². The lowest BCUT2D eigenvalue weighted by molar-refractivity contribution is 0.298. The highest BCUT2D eigenvalue weighted by atomic mass is 32.2. The molecule has 74 valence electrons. The first-order valence-corrected chi connectivity index (χ1v) is 5.38. The molecule has 0 aromatic carbocycles. The summed E-state index contributed by atoms with van der Waals surface area (Å²) < 4.78 is 22.8. The molecule has 12 heavy (non-hydrogen) atoms. The normalized spacial score (nSPS) is 16.9. The maximum atomic E-state index is 10.7. The van der Waals surface area contributed by atoms with Crippen LogP contribution in [0.25, 0.3) is 0 Å². The smallest absolute Gasteiger partial charge is 0.0211 e. The molecule has 0 aromatic rings. The summed E-state index contributed by atoms with van der Waals surface area (Å²) >= 11 is -2.07. The zero-order valence-corrected chi connectivity index (χ0v) is 9.06. The van der Waals surface area contributed by atoms with Crippen molar-refractivity contribution in [3.63, 3.8) is 0 Å². The van der Waals surface area contributed by atoms with Crippen molar-refractivity contribution in [1.82, 2.24) is 4.31 Å². The van der Waals surface area contributed by atoms with Gasteiger partial charge < -0.3 is 4.55 Å². The second kappa shape index (κ2) is 5.67. The van der Waals surface area contributed by atoms with Crippen LogP contribution in [0.2, 0.25) is 0 Å². The Morgan fingerprint density at radius 1 is 1.42 bits per heavy atom. The van der Waals surface area contributed by atoms with Crippen LogP contribution >= 0.6 is 0 Å². The first-order chi connectivity index (χ1) is 5.49. The van der Waals surface area contributed by atoms with Gasteiger partial charge in [-0.3, -0.25) is 4.21 Å². The van der Waals surface area contributed by atoms with Crippen molar-refractivity contribution in [2.45, 2.75) is 40.2 Å². The van der Waals surface area contributed by atoms with E-state index < -0.39 is 11.3 Å². The highest BCUT2D eigenvalue weighted by molar-refractivity contribution is 7.76. The molecule has 0 aliphatic rings. The van der Waals surface area contributed by atoms with E-state index in [0.29, 0.717) is 12.5 Å². The van der Waals surface area contributed by atoms with Gasteiger partial charge >= 0.3 is 0 Å². The quantitative estimate of drug-likeness (QED) is 0.620.